The number of ether oxygens (including phenoxy) is 1. The average molecular weight is 267 g/mol. The minimum Gasteiger partial charge on any atom is -0.466 e. The van der Waals surface area contributed by atoms with Gasteiger partial charge in [0.1, 0.15) is 5.82 Å². The summed E-state index contributed by atoms with van der Waals surface area (Å²) in [5.74, 6) is -0.996. The van der Waals surface area contributed by atoms with Gasteiger partial charge in [0, 0.05) is 17.2 Å². The van der Waals surface area contributed by atoms with Crippen LogP contribution in [0.25, 0.3) is 6.08 Å². The number of nitrogens with zero attached hydrogens (tertiary/aromatic N) is 1. The van der Waals surface area contributed by atoms with Crippen molar-refractivity contribution in [3.05, 3.63) is 45.3 Å². The summed E-state index contributed by atoms with van der Waals surface area (Å²) < 4.78 is 18.3. The summed E-state index contributed by atoms with van der Waals surface area (Å²) >= 11 is 0. The number of esters is 1. The van der Waals surface area contributed by atoms with Gasteiger partial charge in [-0.15, -0.1) is 0 Å². The molecule has 0 aliphatic rings. The van der Waals surface area contributed by atoms with Crippen molar-refractivity contribution < 1.29 is 18.8 Å². The number of rotatable bonds is 5. The fraction of sp³-hybridized carbons (Fsp3) is 0.308. The fourth-order valence-electron chi connectivity index (χ4n) is 1.50. The van der Waals surface area contributed by atoms with Crippen LogP contribution < -0.4 is 0 Å². The Morgan fingerprint density at radius 1 is 1.53 bits per heavy atom. The highest BCUT2D eigenvalue weighted by Crippen LogP contribution is 2.23. The third-order valence-corrected chi connectivity index (χ3v) is 2.40. The van der Waals surface area contributed by atoms with Crippen LogP contribution in [0.1, 0.15) is 24.5 Å². The van der Waals surface area contributed by atoms with Crippen molar-refractivity contribution in [1.29, 1.82) is 0 Å². The molecular weight excluding hydrogens is 253 g/mol. The van der Waals surface area contributed by atoms with Crippen LogP contribution in [0, 0.1) is 22.9 Å². The van der Waals surface area contributed by atoms with Crippen LogP contribution in [-0.4, -0.2) is 17.5 Å². The molecular formula is C13H14FNO4. The maximum absolute atomic E-state index is 13.6. The second-order valence-electron chi connectivity index (χ2n) is 3.83. The Balaban J connectivity index is 2.89. The van der Waals surface area contributed by atoms with Crippen LogP contribution >= 0.6 is 0 Å². The van der Waals surface area contributed by atoms with Gasteiger partial charge in [0.25, 0.3) is 5.69 Å². The topological polar surface area (TPSA) is 69.4 Å². The number of hydrogen-bond acceptors (Lipinski definition) is 4. The van der Waals surface area contributed by atoms with Crippen molar-refractivity contribution >= 4 is 17.7 Å². The smallest absolute Gasteiger partial charge is 0.309 e. The Morgan fingerprint density at radius 2 is 2.21 bits per heavy atom. The summed E-state index contributed by atoms with van der Waals surface area (Å²) in [6.07, 6.45) is 2.74. The number of aryl methyl sites for hydroxylation is 1. The lowest BCUT2D eigenvalue weighted by Crippen LogP contribution is -2.01. The first-order valence-corrected chi connectivity index (χ1v) is 5.72. The van der Waals surface area contributed by atoms with Gasteiger partial charge in [-0.3, -0.25) is 14.9 Å². The molecule has 0 bridgehead atoms. The summed E-state index contributed by atoms with van der Waals surface area (Å²) in [5, 5.41) is 10.7. The third kappa shape index (κ3) is 4.17. The maximum atomic E-state index is 13.6. The van der Waals surface area contributed by atoms with Gasteiger partial charge in [-0.25, -0.2) is 4.39 Å². The lowest BCUT2D eigenvalue weighted by atomic mass is 10.1. The number of nitro groups is 1. The quantitative estimate of drug-likeness (QED) is 0.467. The Hall–Kier alpha value is -2.24. The predicted octanol–water partition coefficient (Wildman–Crippen LogP) is 3.01. The molecule has 19 heavy (non-hydrogen) atoms. The molecule has 0 N–H and O–H groups in total. The standard InChI is InChI=1S/C13H14FNO4/c1-3-19-13(16)6-4-5-10-8-12(15(17)18)9(2)7-11(10)14/h4-5,7-8H,3,6H2,1-2H3. The zero-order valence-corrected chi connectivity index (χ0v) is 10.7. The zero-order valence-electron chi connectivity index (χ0n) is 10.7. The molecule has 0 aliphatic carbocycles. The Labute approximate surface area is 109 Å². The Bertz CT molecular complexity index is 526. The van der Waals surface area contributed by atoms with Crippen molar-refractivity contribution in [3.63, 3.8) is 0 Å². The molecule has 0 spiro atoms. The van der Waals surface area contributed by atoms with Gasteiger partial charge in [-0.2, -0.15) is 0 Å². The van der Waals surface area contributed by atoms with E-state index in [0.29, 0.717) is 0 Å². The molecule has 1 aromatic rings. The molecule has 1 aromatic carbocycles. The van der Waals surface area contributed by atoms with E-state index in [1.807, 2.05) is 0 Å². The summed E-state index contributed by atoms with van der Waals surface area (Å²) in [7, 11) is 0. The summed E-state index contributed by atoms with van der Waals surface area (Å²) in [4.78, 5) is 21.2. The molecule has 0 saturated heterocycles. The van der Waals surface area contributed by atoms with Crippen LogP contribution in [0.4, 0.5) is 10.1 Å². The first kappa shape index (κ1) is 14.8. The van der Waals surface area contributed by atoms with Gasteiger partial charge in [-0.05, 0) is 19.9 Å². The van der Waals surface area contributed by atoms with E-state index in [1.165, 1.54) is 19.1 Å². The van der Waals surface area contributed by atoms with E-state index in [-0.39, 0.29) is 29.8 Å². The van der Waals surface area contributed by atoms with Crippen molar-refractivity contribution in [2.45, 2.75) is 20.3 Å². The van der Waals surface area contributed by atoms with E-state index in [2.05, 4.69) is 0 Å². The highest BCUT2D eigenvalue weighted by Gasteiger charge is 2.13. The number of carbonyl (C=O) groups is 1. The second-order valence-corrected chi connectivity index (χ2v) is 3.83. The largest absolute Gasteiger partial charge is 0.466 e. The lowest BCUT2D eigenvalue weighted by Gasteiger charge is -2.01. The molecule has 1 rings (SSSR count). The van der Waals surface area contributed by atoms with Crippen LogP contribution in [0.2, 0.25) is 0 Å². The van der Waals surface area contributed by atoms with Crippen LogP contribution in [0.15, 0.2) is 18.2 Å². The van der Waals surface area contributed by atoms with Gasteiger partial charge < -0.3 is 4.74 Å². The normalized spacial score (nSPS) is 10.7. The molecule has 0 amide bonds. The minimum atomic E-state index is -0.572. The van der Waals surface area contributed by atoms with Gasteiger partial charge in [0.15, 0.2) is 0 Å². The molecule has 0 unspecified atom stereocenters. The van der Waals surface area contributed by atoms with E-state index in [1.54, 1.807) is 6.92 Å². The molecule has 5 nitrogen and oxygen atoms in total. The van der Waals surface area contributed by atoms with Crippen molar-refractivity contribution in [2.24, 2.45) is 0 Å². The first-order chi connectivity index (χ1) is 8.95. The summed E-state index contributed by atoms with van der Waals surface area (Å²) in [5.41, 5.74) is 0.170. The summed E-state index contributed by atoms with van der Waals surface area (Å²) in [6.45, 7) is 3.43. The monoisotopic (exact) mass is 267 g/mol. The van der Waals surface area contributed by atoms with Crippen LogP contribution in [-0.2, 0) is 9.53 Å². The van der Waals surface area contributed by atoms with Crippen molar-refractivity contribution in [1.82, 2.24) is 0 Å². The first-order valence-electron chi connectivity index (χ1n) is 5.72. The summed E-state index contributed by atoms with van der Waals surface area (Å²) in [6, 6.07) is 2.24. The van der Waals surface area contributed by atoms with E-state index < -0.39 is 16.7 Å². The van der Waals surface area contributed by atoms with Gasteiger partial charge in [0.05, 0.1) is 18.0 Å². The minimum absolute atomic E-state index is 0.00501. The molecule has 0 atom stereocenters. The van der Waals surface area contributed by atoms with Gasteiger partial charge >= 0.3 is 5.97 Å². The van der Waals surface area contributed by atoms with Gasteiger partial charge in [0.2, 0.25) is 0 Å². The van der Waals surface area contributed by atoms with Crippen molar-refractivity contribution in [2.75, 3.05) is 6.61 Å². The SMILES string of the molecule is CCOC(=O)CC=Cc1cc([N+](=O)[O-])c(C)cc1F. The number of carbonyl (C=O) groups excluding carboxylic acids is 1. The van der Waals surface area contributed by atoms with E-state index in [0.717, 1.165) is 12.1 Å². The van der Waals surface area contributed by atoms with E-state index >= 15 is 0 Å². The van der Waals surface area contributed by atoms with Crippen LogP contribution in [0.3, 0.4) is 0 Å². The van der Waals surface area contributed by atoms with Crippen molar-refractivity contribution in [3.8, 4) is 0 Å². The molecule has 0 saturated carbocycles. The lowest BCUT2D eigenvalue weighted by molar-refractivity contribution is -0.385. The number of hydrogen-bond donors (Lipinski definition) is 0. The van der Waals surface area contributed by atoms with Gasteiger partial charge in [-0.1, -0.05) is 12.2 Å². The number of nitro benzene ring substituents is 1. The van der Waals surface area contributed by atoms with E-state index in [4.69, 9.17) is 4.74 Å². The molecule has 0 fully saturated rings. The highest BCUT2D eigenvalue weighted by atomic mass is 19.1. The van der Waals surface area contributed by atoms with Crippen LogP contribution in [0.5, 0.6) is 0 Å². The zero-order chi connectivity index (χ0) is 14.4. The predicted molar refractivity (Wildman–Crippen MR) is 68.1 cm³/mol. The fourth-order valence-corrected chi connectivity index (χ4v) is 1.50. The second kappa shape index (κ2) is 6.63. The van der Waals surface area contributed by atoms with E-state index in [9.17, 15) is 19.3 Å². The Morgan fingerprint density at radius 3 is 2.79 bits per heavy atom. The average Bonchev–Trinajstić information content (AvgIpc) is 2.31. The molecule has 0 heterocycles. The molecule has 102 valence electrons. The molecule has 6 heteroatoms. The molecule has 0 radical (unpaired) electrons. The molecule has 0 aliphatic heterocycles. The number of benzene rings is 1. The maximum Gasteiger partial charge on any atom is 0.309 e. The Kier molecular flexibility index (Phi) is 5.17. The molecule has 0 aromatic heterocycles. The number of halogens is 1. The third-order valence-electron chi connectivity index (χ3n) is 2.40. The highest BCUT2D eigenvalue weighted by molar-refractivity contribution is 5.72.